The Morgan fingerprint density at radius 3 is 2.57 bits per heavy atom. The maximum atomic E-state index is 14.0. The van der Waals surface area contributed by atoms with E-state index in [2.05, 4.69) is 33.5 Å². The summed E-state index contributed by atoms with van der Waals surface area (Å²) in [7, 11) is 0. The van der Waals surface area contributed by atoms with E-state index < -0.39 is 0 Å². The van der Waals surface area contributed by atoms with Crippen molar-refractivity contribution in [3.8, 4) is 0 Å². The smallest absolute Gasteiger partial charge is 0.142 e. The number of hydrazone groups is 1. The Bertz CT molecular complexity index is 1460. The molecule has 5 N–H and O–H groups in total. The topological polar surface area (TPSA) is 93.1 Å². The number of hydrogen-bond donors (Lipinski definition) is 3. The molecule has 1 saturated carbocycles. The Morgan fingerprint density at radius 1 is 1.09 bits per heavy atom. The van der Waals surface area contributed by atoms with Gasteiger partial charge in [0, 0.05) is 5.39 Å². The van der Waals surface area contributed by atoms with Gasteiger partial charge >= 0.3 is 0 Å². The average Bonchev–Trinajstić information content (AvgIpc) is 3.32. The van der Waals surface area contributed by atoms with Gasteiger partial charge in [-0.05, 0) is 76.4 Å². The molecule has 0 atom stereocenters. The van der Waals surface area contributed by atoms with Crippen LogP contribution >= 0.6 is 11.6 Å². The summed E-state index contributed by atoms with van der Waals surface area (Å²) in [4.78, 5) is 0. The van der Waals surface area contributed by atoms with E-state index in [4.69, 9.17) is 23.2 Å². The van der Waals surface area contributed by atoms with Crippen LogP contribution in [0.15, 0.2) is 78.0 Å². The zero-order valence-corrected chi connectivity index (χ0v) is 19.8. The molecule has 0 aliphatic heterocycles. The molecular weight excluding hydrogens is 461 g/mol. The van der Waals surface area contributed by atoms with Gasteiger partial charge in [0.1, 0.15) is 11.7 Å². The summed E-state index contributed by atoms with van der Waals surface area (Å²) in [5.41, 5.74) is 12.8. The Hall–Kier alpha value is -3.90. The SMILES string of the molecule is N/N=C(N)/C=C/c1ccc(/C(=C(\c2ccc(F)cc2Cl)C2CCC2)c2cccc3[nH]ncc23)cc1. The molecule has 1 heterocycles. The molecule has 4 aromatic rings. The molecule has 1 aromatic heterocycles. The first-order chi connectivity index (χ1) is 17.0. The number of nitrogens with two attached hydrogens (primary N) is 2. The lowest BCUT2D eigenvalue weighted by Gasteiger charge is -2.32. The van der Waals surface area contributed by atoms with E-state index in [-0.39, 0.29) is 11.7 Å². The van der Waals surface area contributed by atoms with E-state index in [1.165, 1.54) is 12.1 Å². The van der Waals surface area contributed by atoms with Crippen molar-refractivity contribution in [2.24, 2.45) is 22.6 Å². The van der Waals surface area contributed by atoms with Crippen molar-refractivity contribution >= 4 is 45.6 Å². The van der Waals surface area contributed by atoms with Gasteiger partial charge in [0.05, 0.1) is 16.7 Å². The number of halogens is 2. The van der Waals surface area contributed by atoms with Crippen LogP contribution in [0.3, 0.4) is 0 Å². The van der Waals surface area contributed by atoms with Crippen molar-refractivity contribution in [3.05, 3.63) is 106 Å². The number of nitrogens with zero attached hydrogens (tertiary/aromatic N) is 2. The lowest BCUT2D eigenvalue weighted by Crippen LogP contribution is -2.15. The van der Waals surface area contributed by atoms with Gasteiger partial charge in [0.2, 0.25) is 0 Å². The zero-order chi connectivity index (χ0) is 24.4. The van der Waals surface area contributed by atoms with Gasteiger partial charge in [-0.25, -0.2) is 4.39 Å². The summed E-state index contributed by atoms with van der Waals surface area (Å²) >= 11 is 6.64. The Balaban J connectivity index is 1.76. The molecule has 7 heteroatoms. The van der Waals surface area contributed by atoms with Crippen molar-refractivity contribution in [1.29, 1.82) is 0 Å². The number of rotatable bonds is 6. The summed E-state index contributed by atoms with van der Waals surface area (Å²) in [5, 5.41) is 12.3. The highest BCUT2D eigenvalue weighted by atomic mass is 35.5. The predicted molar refractivity (Wildman–Crippen MR) is 142 cm³/mol. The highest BCUT2D eigenvalue weighted by molar-refractivity contribution is 6.33. The molecule has 176 valence electrons. The van der Waals surface area contributed by atoms with Gasteiger partial charge in [-0.1, -0.05) is 66.6 Å². The number of aromatic amines is 1. The monoisotopic (exact) mass is 485 g/mol. The predicted octanol–water partition coefficient (Wildman–Crippen LogP) is 6.36. The van der Waals surface area contributed by atoms with Crippen LogP contribution in [-0.2, 0) is 0 Å². The van der Waals surface area contributed by atoms with E-state index in [1.54, 1.807) is 12.1 Å². The zero-order valence-electron chi connectivity index (χ0n) is 19.0. The molecule has 1 aliphatic carbocycles. The van der Waals surface area contributed by atoms with Crippen LogP contribution in [0.2, 0.25) is 5.02 Å². The van der Waals surface area contributed by atoms with E-state index >= 15 is 0 Å². The molecule has 0 bridgehead atoms. The third-order valence-corrected chi connectivity index (χ3v) is 6.87. The first-order valence-electron chi connectivity index (χ1n) is 11.5. The third-order valence-electron chi connectivity index (χ3n) is 6.55. The molecular formula is C28H25ClFN5. The largest absolute Gasteiger partial charge is 0.382 e. The maximum absolute atomic E-state index is 14.0. The number of benzene rings is 3. The molecule has 0 unspecified atom stereocenters. The van der Waals surface area contributed by atoms with Crippen molar-refractivity contribution < 1.29 is 4.39 Å². The third kappa shape index (κ3) is 4.57. The lowest BCUT2D eigenvalue weighted by molar-refractivity contribution is 0.401. The first-order valence-corrected chi connectivity index (χ1v) is 11.9. The standard InChI is InChI=1S/C28H25ClFN5/c29-24-15-20(30)12-13-22(24)28(18-3-1-4-18)27(21-5-2-6-25-23(21)16-33-35-25)19-10-7-17(8-11-19)9-14-26(31)34-32/h2,5-16,18H,1,3-4,32H2,(H2,31,34)(H,33,35)/b14-9+,28-27+. The molecule has 5 rings (SSSR count). The van der Waals surface area contributed by atoms with Gasteiger partial charge < -0.3 is 11.6 Å². The summed E-state index contributed by atoms with van der Waals surface area (Å²) in [6.07, 6.45) is 8.65. The van der Waals surface area contributed by atoms with E-state index in [9.17, 15) is 4.39 Å². The van der Waals surface area contributed by atoms with Gasteiger partial charge in [-0.15, -0.1) is 0 Å². The van der Waals surface area contributed by atoms with Crippen LogP contribution in [-0.4, -0.2) is 16.0 Å². The van der Waals surface area contributed by atoms with Gasteiger partial charge in [0.25, 0.3) is 0 Å². The molecule has 0 spiro atoms. The highest BCUT2D eigenvalue weighted by Gasteiger charge is 2.29. The molecule has 0 saturated heterocycles. The van der Waals surface area contributed by atoms with E-state index in [1.807, 2.05) is 36.5 Å². The number of allylic oxidation sites excluding steroid dienone is 1. The average molecular weight is 486 g/mol. The molecule has 3 aromatic carbocycles. The first kappa shape index (κ1) is 22.9. The fourth-order valence-electron chi connectivity index (χ4n) is 4.59. The van der Waals surface area contributed by atoms with Crippen LogP contribution in [0.1, 0.15) is 41.5 Å². The number of nitrogens with one attached hydrogen (secondary N) is 1. The molecule has 35 heavy (non-hydrogen) atoms. The van der Waals surface area contributed by atoms with E-state index in [0.717, 1.165) is 63.6 Å². The highest BCUT2D eigenvalue weighted by Crippen LogP contribution is 2.47. The minimum atomic E-state index is -0.346. The second-order valence-corrected chi connectivity index (χ2v) is 9.09. The van der Waals surface area contributed by atoms with Crippen LogP contribution < -0.4 is 11.6 Å². The molecule has 0 radical (unpaired) electrons. The van der Waals surface area contributed by atoms with Crippen LogP contribution in [0.4, 0.5) is 4.39 Å². The lowest BCUT2D eigenvalue weighted by atomic mass is 9.72. The summed E-state index contributed by atoms with van der Waals surface area (Å²) in [6.45, 7) is 0. The summed E-state index contributed by atoms with van der Waals surface area (Å²) in [6, 6.07) is 19.0. The normalized spacial score (nSPS) is 15.4. The van der Waals surface area contributed by atoms with Gasteiger partial charge in [0.15, 0.2) is 0 Å². The van der Waals surface area contributed by atoms with Crippen molar-refractivity contribution in [3.63, 3.8) is 0 Å². The second-order valence-electron chi connectivity index (χ2n) is 8.69. The maximum Gasteiger partial charge on any atom is 0.142 e. The number of H-pyrrole nitrogens is 1. The molecule has 1 aliphatic rings. The molecule has 0 amide bonds. The Kier molecular flexibility index (Phi) is 6.38. The molecule has 5 nitrogen and oxygen atoms in total. The van der Waals surface area contributed by atoms with Crippen molar-refractivity contribution in [2.75, 3.05) is 0 Å². The number of hydrogen-bond acceptors (Lipinski definition) is 3. The quantitative estimate of drug-likeness (QED) is 0.0975. The minimum absolute atomic E-state index is 0.250. The molecule has 1 fully saturated rings. The van der Waals surface area contributed by atoms with Crippen molar-refractivity contribution in [1.82, 2.24) is 10.2 Å². The summed E-state index contributed by atoms with van der Waals surface area (Å²) < 4.78 is 14.0. The van der Waals surface area contributed by atoms with Gasteiger partial charge in [-0.3, -0.25) is 5.10 Å². The minimum Gasteiger partial charge on any atom is -0.382 e. The number of aromatic nitrogens is 2. The fourth-order valence-corrected chi connectivity index (χ4v) is 4.86. The Morgan fingerprint density at radius 2 is 1.89 bits per heavy atom. The fraction of sp³-hybridized carbons (Fsp3) is 0.143. The van der Waals surface area contributed by atoms with Crippen molar-refractivity contribution in [2.45, 2.75) is 19.3 Å². The summed E-state index contributed by atoms with van der Waals surface area (Å²) in [5.74, 6) is 5.45. The number of fused-ring (bicyclic) bond motifs is 1. The van der Waals surface area contributed by atoms with Crippen LogP contribution in [0.25, 0.3) is 28.1 Å². The van der Waals surface area contributed by atoms with E-state index in [0.29, 0.717) is 10.9 Å². The van der Waals surface area contributed by atoms with Gasteiger partial charge in [-0.2, -0.15) is 10.2 Å². The van der Waals surface area contributed by atoms with Crippen LogP contribution in [0.5, 0.6) is 0 Å². The number of amidine groups is 1. The Labute approximate surface area is 208 Å². The van der Waals surface area contributed by atoms with Crippen LogP contribution in [0, 0.1) is 11.7 Å². The second kappa shape index (κ2) is 9.76.